The van der Waals surface area contributed by atoms with Crippen molar-refractivity contribution >= 4 is 23.2 Å². The summed E-state index contributed by atoms with van der Waals surface area (Å²) in [6.45, 7) is 2.33. The van der Waals surface area contributed by atoms with E-state index >= 15 is 0 Å². The predicted molar refractivity (Wildman–Crippen MR) is 86.8 cm³/mol. The number of nitrogens with zero attached hydrogens (tertiary/aromatic N) is 5. The Morgan fingerprint density at radius 3 is 2.48 bits per heavy atom. The molecule has 7 nitrogen and oxygen atoms in total. The lowest BCUT2D eigenvalue weighted by Gasteiger charge is -2.36. The SMILES string of the molecule is Cn1ncc(N2CCN(C(=O)c3ccncc3)CC2)c(Cl)c1=O. The number of pyridine rings is 1. The van der Waals surface area contributed by atoms with Crippen molar-refractivity contribution in [3.63, 3.8) is 0 Å². The quantitative estimate of drug-likeness (QED) is 0.812. The summed E-state index contributed by atoms with van der Waals surface area (Å²) in [6.07, 6.45) is 4.80. The van der Waals surface area contributed by atoms with Crippen molar-refractivity contribution in [2.24, 2.45) is 7.05 Å². The monoisotopic (exact) mass is 333 g/mol. The van der Waals surface area contributed by atoms with Crippen molar-refractivity contribution in [2.45, 2.75) is 0 Å². The summed E-state index contributed by atoms with van der Waals surface area (Å²) in [5.74, 6) is -0.0137. The molecule has 0 atom stereocenters. The predicted octanol–water partition coefficient (Wildman–Crippen LogP) is 0.791. The van der Waals surface area contributed by atoms with Crippen LogP contribution in [0.5, 0.6) is 0 Å². The van der Waals surface area contributed by atoms with Gasteiger partial charge in [0.2, 0.25) is 0 Å². The van der Waals surface area contributed by atoms with Crippen LogP contribution in [0.2, 0.25) is 5.02 Å². The van der Waals surface area contributed by atoms with E-state index in [1.54, 1.807) is 42.7 Å². The summed E-state index contributed by atoms with van der Waals surface area (Å²) in [5, 5.41) is 4.17. The molecule has 0 saturated carbocycles. The van der Waals surface area contributed by atoms with Gasteiger partial charge >= 0.3 is 0 Å². The number of amides is 1. The number of anilines is 1. The van der Waals surface area contributed by atoms with Gasteiger partial charge in [-0.1, -0.05) is 11.6 Å². The molecular formula is C15H16ClN5O2. The van der Waals surface area contributed by atoms with Gasteiger partial charge in [-0.05, 0) is 12.1 Å². The van der Waals surface area contributed by atoms with Gasteiger partial charge in [0.15, 0.2) is 0 Å². The molecule has 2 aromatic rings. The minimum absolute atomic E-state index is 0.0137. The second-order valence-electron chi connectivity index (χ2n) is 5.29. The maximum absolute atomic E-state index is 12.4. The van der Waals surface area contributed by atoms with Crippen LogP contribution in [0.1, 0.15) is 10.4 Å². The molecule has 120 valence electrons. The minimum atomic E-state index is -0.320. The Hall–Kier alpha value is -2.41. The van der Waals surface area contributed by atoms with Crippen LogP contribution in [0.4, 0.5) is 5.69 Å². The number of hydrogen-bond donors (Lipinski definition) is 0. The van der Waals surface area contributed by atoms with Gasteiger partial charge in [-0.3, -0.25) is 14.6 Å². The maximum Gasteiger partial charge on any atom is 0.287 e. The zero-order chi connectivity index (χ0) is 16.4. The number of halogens is 1. The highest BCUT2D eigenvalue weighted by Crippen LogP contribution is 2.22. The summed E-state index contributed by atoms with van der Waals surface area (Å²) < 4.78 is 1.20. The first-order valence-electron chi connectivity index (χ1n) is 7.24. The number of carbonyl (C=O) groups is 1. The van der Waals surface area contributed by atoms with Crippen molar-refractivity contribution in [2.75, 3.05) is 31.1 Å². The molecule has 8 heteroatoms. The van der Waals surface area contributed by atoms with E-state index in [1.165, 1.54) is 4.68 Å². The molecule has 0 N–H and O–H groups in total. The largest absolute Gasteiger partial charge is 0.365 e. The summed E-state index contributed by atoms with van der Waals surface area (Å²) in [6, 6.07) is 3.41. The maximum atomic E-state index is 12.4. The molecule has 1 aliphatic heterocycles. The van der Waals surface area contributed by atoms with Gasteiger partial charge in [-0.15, -0.1) is 0 Å². The first-order valence-corrected chi connectivity index (χ1v) is 7.62. The smallest absolute Gasteiger partial charge is 0.287 e. The topological polar surface area (TPSA) is 71.3 Å². The average molecular weight is 334 g/mol. The second-order valence-corrected chi connectivity index (χ2v) is 5.67. The third-order valence-electron chi connectivity index (χ3n) is 3.89. The van der Waals surface area contributed by atoms with Gasteiger partial charge in [0, 0.05) is 51.2 Å². The lowest BCUT2D eigenvalue weighted by atomic mass is 10.2. The van der Waals surface area contributed by atoms with Gasteiger partial charge in [0.1, 0.15) is 5.02 Å². The van der Waals surface area contributed by atoms with E-state index in [1.807, 2.05) is 4.90 Å². The van der Waals surface area contributed by atoms with Crippen LogP contribution in [0.25, 0.3) is 0 Å². The minimum Gasteiger partial charge on any atom is -0.365 e. The molecule has 0 bridgehead atoms. The van der Waals surface area contributed by atoms with Crippen LogP contribution in [0, 0.1) is 0 Å². The summed E-state index contributed by atoms with van der Waals surface area (Å²) >= 11 is 6.12. The molecule has 1 amide bonds. The Labute approximate surface area is 138 Å². The molecule has 0 radical (unpaired) electrons. The number of piperazine rings is 1. The third-order valence-corrected chi connectivity index (χ3v) is 4.25. The molecule has 1 aliphatic rings. The Morgan fingerprint density at radius 1 is 1.17 bits per heavy atom. The zero-order valence-electron chi connectivity index (χ0n) is 12.6. The van der Waals surface area contributed by atoms with Crippen LogP contribution in [-0.4, -0.2) is 51.8 Å². The van der Waals surface area contributed by atoms with Crippen LogP contribution < -0.4 is 10.5 Å². The van der Waals surface area contributed by atoms with Crippen molar-refractivity contribution < 1.29 is 4.79 Å². The molecule has 2 aromatic heterocycles. The highest BCUT2D eigenvalue weighted by atomic mass is 35.5. The Kier molecular flexibility index (Phi) is 4.29. The fourth-order valence-corrected chi connectivity index (χ4v) is 2.84. The van der Waals surface area contributed by atoms with Gasteiger partial charge < -0.3 is 9.80 Å². The Morgan fingerprint density at radius 2 is 1.83 bits per heavy atom. The first-order chi connectivity index (χ1) is 11.1. The number of carbonyl (C=O) groups excluding carboxylic acids is 1. The first kappa shape index (κ1) is 15.5. The Bertz CT molecular complexity index is 769. The third kappa shape index (κ3) is 3.05. The molecular weight excluding hydrogens is 318 g/mol. The van der Waals surface area contributed by atoms with Crippen molar-refractivity contribution in [1.82, 2.24) is 19.7 Å². The van der Waals surface area contributed by atoms with Crippen LogP contribution in [0.15, 0.2) is 35.5 Å². The zero-order valence-corrected chi connectivity index (χ0v) is 13.4. The normalized spacial score (nSPS) is 14.9. The molecule has 0 aliphatic carbocycles. The van der Waals surface area contributed by atoms with E-state index in [0.717, 1.165) is 0 Å². The van der Waals surface area contributed by atoms with Gasteiger partial charge in [0.05, 0.1) is 11.9 Å². The fraction of sp³-hybridized carbons (Fsp3) is 0.333. The standard InChI is InChI=1S/C15H16ClN5O2/c1-19-15(23)13(16)12(10-18-19)20-6-8-21(9-7-20)14(22)11-2-4-17-5-3-11/h2-5,10H,6-9H2,1H3. The molecule has 1 fully saturated rings. The number of rotatable bonds is 2. The molecule has 1 saturated heterocycles. The molecule has 0 unspecified atom stereocenters. The highest BCUT2D eigenvalue weighted by Gasteiger charge is 2.24. The number of aromatic nitrogens is 3. The fourth-order valence-electron chi connectivity index (χ4n) is 2.55. The van der Waals surface area contributed by atoms with Gasteiger partial charge in [0.25, 0.3) is 11.5 Å². The van der Waals surface area contributed by atoms with Crippen molar-refractivity contribution in [3.8, 4) is 0 Å². The summed E-state index contributed by atoms with van der Waals surface area (Å²) in [5.41, 5.74) is 0.923. The summed E-state index contributed by atoms with van der Waals surface area (Å²) in [4.78, 5) is 31.9. The van der Waals surface area contributed by atoms with E-state index < -0.39 is 0 Å². The molecule has 0 aromatic carbocycles. The van der Waals surface area contributed by atoms with Crippen molar-refractivity contribution in [3.05, 3.63) is 51.7 Å². The van der Waals surface area contributed by atoms with E-state index in [4.69, 9.17) is 11.6 Å². The summed E-state index contributed by atoms with van der Waals surface area (Å²) in [7, 11) is 1.56. The second kappa shape index (κ2) is 6.37. The van der Waals surface area contributed by atoms with Crippen molar-refractivity contribution in [1.29, 1.82) is 0 Å². The van der Waals surface area contributed by atoms with E-state index in [0.29, 0.717) is 37.4 Å². The van der Waals surface area contributed by atoms with E-state index in [2.05, 4.69) is 10.1 Å². The van der Waals surface area contributed by atoms with Crippen LogP contribution in [-0.2, 0) is 7.05 Å². The Balaban J connectivity index is 1.71. The molecule has 3 heterocycles. The van der Waals surface area contributed by atoms with E-state index in [9.17, 15) is 9.59 Å². The van der Waals surface area contributed by atoms with E-state index in [-0.39, 0.29) is 16.5 Å². The van der Waals surface area contributed by atoms with Gasteiger partial charge in [-0.2, -0.15) is 5.10 Å². The average Bonchev–Trinajstić information content (AvgIpc) is 2.60. The highest BCUT2D eigenvalue weighted by molar-refractivity contribution is 6.33. The molecule has 23 heavy (non-hydrogen) atoms. The molecule has 0 spiro atoms. The van der Waals surface area contributed by atoms with Gasteiger partial charge in [-0.25, -0.2) is 4.68 Å². The van der Waals surface area contributed by atoms with Crippen LogP contribution in [0.3, 0.4) is 0 Å². The lowest BCUT2D eigenvalue weighted by molar-refractivity contribution is 0.0746. The number of hydrogen-bond acceptors (Lipinski definition) is 5. The van der Waals surface area contributed by atoms with Crippen LogP contribution >= 0.6 is 11.6 Å². The lowest BCUT2D eigenvalue weighted by Crippen LogP contribution is -2.49. The molecule has 3 rings (SSSR count). The number of aryl methyl sites for hydroxylation is 1.